The van der Waals surface area contributed by atoms with E-state index in [0.717, 1.165) is 67.4 Å². The zero-order valence-electron chi connectivity index (χ0n) is 29.3. The minimum atomic E-state index is -0.334. The third kappa shape index (κ3) is 4.86. The van der Waals surface area contributed by atoms with Crippen molar-refractivity contribution in [3.63, 3.8) is 0 Å². The van der Waals surface area contributed by atoms with Crippen LogP contribution in [0.3, 0.4) is 0 Å². The summed E-state index contributed by atoms with van der Waals surface area (Å²) in [5, 5.41) is 8.73. The Morgan fingerprint density at radius 2 is 1.17 bits per heavy atom. The fourth-order valence-electron chi connectivity index (χ4n) is 8.26. The van der Waals surface area contributed by atoms with Crippen molar-refractivity contribution in [1.29, 1.82) is 0 Å². The summed E-state index contributed by atoms with van der Waals surface area (Å²) in [6.45, 7) is 0. The van der Waals surface area contributed by atoms with Crippen molar-refractivity contribution >= 4 is 55.4 Å². The van der Waals surface area contributed by atoms with Gasteiger partial charge in [-0.25, -0.2) is 4.99 Å². The highest BCUT2D eigenvalue weighted by atomic mass is 15.4. The summed E-state index contributed by atoms with van der Waals surface area (Å²) in [7, 11) is 0. The minimum absolute atomic E-state index is 0.334. The highest BCUT2D eigenvalue weighted by molar-refractivity contribution is 6.16. The Morgan fingerprint density at radius 1 is 0.519 bits per heavy atom. The summed E-state index contributed by atoms with van der Waals surface area (Å²) in [5.41, 5.74) is 14.2. The molecule has 0 saturated heterocycles. The van der Waals surface area contributed by atoms with E-state index in [4.69, 9.17) is 4.99 Å². The molecule has 0 aliphatic carbocycles. The molecule has 0 radical (unpaired) electrons. The van der Waals surface area contributed by atoms with Gasteiger partial charge in [0.25, 0.3) is 0 Å². The third-order valence-corrected chi connectivity index (χ3v) is 10.8. The van der Waals surface area contributed by atoms with Gasteiger partial charge < -0.3 is 9.88 Å². The highest BCUT2D eigenvalue weighted by Crippen LogP contribution is 2.49. The molecular formula is C49H33N5. The van der Waals surface area contributed by atoms with Gasteiger partial charge in [0.15, 0.2) is 0 Å². The van der Waals surface area contributed by atoms with Crippen LogP contribution in [0.2, 0.25) is 0 Å². The number of hydrogen-bond acceptors (Lipinski definition) is 4. The lowest BCUT2D eigenvalue weighted by Gasteiger charge is -2.31. The molecule has 11 rings (SSSR count). The van der Waals surface area contributed by atoms with Crippen LogP contribution in [0.15, 0.2) is 193 Å². The first-order valence-electron chi connectivity index (χ1n) is 18.4. The fourth-order valence-corrected chi connectivity index (χ4v) is 8.26. The number of aromatic nitrogens is 2. The Kier molecular flexibility index (Phi) is 6.85. The highest BCUT2D eigenvalue weighted by Gasteiger charge is 2.37. The topological polar surface area (TPSA) is 45.5 Å². The molecule has 54 heavy (non-hydrogen) atoms. The second-order valence-electron chi connectivity index (χ2n) is 13.9. The van der Waals surface area contributed by atoms with Gasteiger partial charge in [0.05, 0.1) is 39.5 Å². The maximum atomic E-state index is 5.37. The van der Waals surface area contributed by atoms with Crippen molar-refractivity contribution in [3.8, 4) is 28.1 Å². The van der Waals surface area contributed by atoms with E-state index in [-0.39, 0.29) is 6.29 Å². The third-order valence-electron chi connectivity index (χ3n) is 10.8. The first-order chi connectivity index (χ1) is 26.8. The number of anilines is 2. The Hall–Kier alpha value is -7.24. The van der Waals surface area contributed by atoms with Gasteiger partial charge in [0.1, 0.15) is 0 Å². The van der Waals surface area contributed by atoms with Crippen LogP contribution in [0.1, 0.15) is 11.1 Å². The van der Waals surface area contributed by atoms with E-state index < -0.39 is 0 Å². The monoisotopic (exact) mass is 691 g/mol. The predicted octanol–water partition coefficient (Wildman–Crippen LogP) is 11.7. The molecule has 2 aliphatic heterocycles. The molecule has 1 atom stereocenters. The van der Waals surface area contributed by atoms with Gasteiger partial charge in [-0.2, -0.15) is 0 Å². The van der Waals surface area contributed by atoms with Gasteiger partial charge in [0, 0.05) is 33.8 Å². The van der Waals surface area contributed by atoms with Crippen LogP contribution in [0.5, 0.6) is 0 Å². The van der Waals surface area contributed by atoms with Crippen LogP contribution < -0.4 is 10.2 Å². The van der Waals surface area contributed by atoms with E-state index in [1.54, 1.807) is 0 Å². The molecule has 1 N–H and O–H groups in total. The van der Waals surface area contributed by atoms with Crippen LogP contribution in [0.25, 0.3) is 66.3 Å². The standard InChI is InChI=1S/C49H33N5/c1-3-13-33(14-4-1)43-31-46(34-15-5-2-6-16-34)54-47-30-38(53-44-20-9-7-17-39(44)40-18-8-10-21-45(40)53)29-41(48(47)52-49(54)51-43)35-24-22-32-23-25-36(28-37(32)27-35)42-19-11-12-26-50-42/h1-31,49,52H. The molecule has 2 aromatic heterocycles. The van der Waals surface area contributed by atoms with Crippen LogP contribution in [-0.4, -0.2) is 21.6 Å². The average molecular weight is 692 g/mol. The average Bonchev–Trinajstić information content (AvgIpc) is 3.79. The van der Waals surface area contributed by atoms with E-state index in [9.17, 15) is 0 Å². The number of nitrogens with one attached hydrogen (secondary N) is 1. The lowest BCUT2D eigenvalue weighted by Crippen LogP contribution is -2.36. The molecule has 0 saturated carbocycles. The van der Waals surface area contributed by atoms with Crippen molar-refractivity contribution in [1.82, 2.24) is 9.55 Å². The zero-order valence-corrected chi connectivity index (χ0v) is 29.3. The number of para-hydroxylation sites is 2. The summed E-state index contributed by atoms with van der Waals surface area (Å²) >= 11 is 0. The second kappa shape index (κ2) is 12.2. The lowest BCUT2D eigenvalue weighted by molar-refractivity contribution is 0.802. The molecule has 9 aromatic rings. The summed E-state index contributed by atoms with van der Waals surface area (Å²) in [4.78, 5) is 12.4. The SMILES string of the molecule is C1=C(c2ccccc2)N2c3cc(-n4c5ccccc5c5ccccc54)cc(-c4ccc5ccc(-c6ccccn6)cc5c4)c3NC2N=C1c1ccccc1. The van der Waals surface area contributed by atoms with E-state index in [1.165, 1.54) is 27.2 Å². The number of fused-ring (bicyclic) bond motifs is 7. The Morgan fingerprint density at radius 3 is 1.89 bits per heavy atom. The number of allylic oxidation sites excluding steroid dienone is 1. The molecule has 5 heteroatoms. The van der Waals surface area contributed by atoms with Crippen LogP contribution in [0.4, 0.5) is 11.4 Å². The molecule has 5 nitrogen and oxygen atoms in total. The molecule has 254 valence electrons. The quantitative estimate of drug-likeness (QED) is 0.195. The first kappa shape index (κ1) is 30.4. The van der Waals surface area contributed by atoms with Crippen LogP contribution >= 0.6 is 0 Å². The van der Waals surface area contributed by atoms with E-state index in [2.05, 4.69) is 190 Å². The van der Waals surface area contributed by atoms with Crippen molar-refractivity contribution in [3.05, 3.63) is 199 Å². The number of aliphatic imine (C=N–C) groups is 1. The van der Waals surface area contributed by atoms with Gasteiger partial charge in [0.2, 0.25) is 6.29 Å². The number of hydrogen-bond donors (Lipinski definition) is 1. The van der Waals surface area contributed by atoms with E-state index in [0.29, 0.717) is 0 Å². The maximum absolute atomic E-state index is 5.37. The Balaban J connectivity index is 1.17. The number of pyridine rings is 1. The molecule has 0 bridgehead atoms. The molecule has 0 spiro atoms. The zero-order chi connectivity index (χ0) is 35.6. The van der Waals surface area contributed by atoms with Crippen LogP contribution in [-0.2, 0) is 0 Å². The van der Waals surface area contributed by atoms with Gasteiger partial charge >= 0.3 is 0 Å². The van der Waals surface area contributed by atoms with Gasteiger partial charge in [-0.05, 0) is 82.1 Å². The largest absolute Gasteiger partial charge is 0.344 e. The molecule has 0 fully saturated rings. The second-order valence-corrected chi connectivity index (χ2v) is 13.9. The predicted molar refractivity (Wildman–Crippen MR) is 224 cm³/mol. The number of nitrogens with zero attached hydrogens (tertiary/aromatic N) is 4. The molecule has 4 heterocycles. The van der Waals surface area contributed by atoms with Crippen molar-refractivity contribution in [2.75, 3.05) is 10.2 Å². The lowest BCUT2D eigenvalue weighted by atomic mass is 9.96. The number of rotatable bonds is 5. The van der Waals surface area contributed by atoms with Gasteiger partial charge in [-0.1, -0.05) is 127 Å². The van der Waals surface area contributed by atoms with Crippen molar-refractivity contribution < 1.29 is 0 Å². The van der Waals surface area contributed by atoms with E-state index >= 15 is 0 Å². The molecule has 7 aromatic carbocycles. The summed E-state index contributed by atoms with van der Waals surface area (Å²) < 4.78 is 2.41. The van der Waals surface area contributed by atoms with Gasteiger partial charge in [-0.3, -0.25) is 9.88 Å². The fraction of sp³-hybridized carbons (Fsp3) is 0.0204. The van der Waals surface area contributed by atoms with Crippen LogP contribution in [0, 0.1) is 0 Å². The van der Waals surface area contributed by atoms with Gasteiger partial charge in [-0.15, -0.1) is 0 Å². The Bertz CT molecular complexity index is 2910. The molecule has 2 aliphatic rings. The Labute approximate surface area is 312 Å². The smallest absolute Gasteiger partial charge is 0.201 e. The number of benzene rings is 7. The first-order valence-corrected chi connectivity index (χ1v) is 18.4. The maximum Gasteiger partial charge on any atom is 0.201 e. The summed E-state index contributed by atoms with van der Waals surface area (Å²) in [6, 6.07) is 62.7. The molecule has 1 unspecified atom stereocenters. The summed E-state index contributed by atoms with van der Waals surface area (Å²) in [6.07, 6.45) is 3.75. The molecular weight excluding hydrogens is 659 g/mol. The molecule has 0 amide bonds. The van der Waals surface area contributed by atoms with E-state index in [1.807, 2.05) is 18.3 Å². The minimum Gasteiger partial charge on any atom is -0.344 e. The van der Waals surface area contributed by atoms with Crippen molar-refractivity contribution in [2.24, 2.45) is 4.99 Å². The normalized spacial score (nSPS) is 14.8. The van der Waals surface area contributed by atoms with Crippen molar-refractivity contribution in [2.45, 2.75) is 6.29 Å². The summed E-state index contributed by atoms with van der Waals surface area (Å²) in [5.74, 6) is 0.